The summed E-state index contributed by atoms with van der Waals surface area (Å²) in [6.45, 7) is 24.0. The number of nitrogens with one attached hydrogen (secondary N) is 2. The van der Waals surface area contributed by atoms with Crippen molar-refractivity contribution in [2.24, 2.45) is 0 Å². The molecule has 0 aromatic heterocycles. The Balaban J connectivity index is 1.31. The van der Waals surface area contributed by atoms with E-state index in [2.05, 4.69) is 63.0 Å². The van der Waals surface area contributed by atoms with Crippen LogP contribution in [0.5, 0.6) is 0 Å². The lowest BCUT2D eigenvalue weighted by molar-refractivity contribution is -0.182. The van der Waals surface area contributed by atoms with E-state index in [0.29, 0.717) is 37.2 Å². The average Bonchev–Trinajstić information content (AvgIpc) is 3.18. The van der Waals surface area contributed by atoms with Crippen LogP contribution in [0.3, 0.4) is 0 Å². The molecule has 208 valence electrons. The van der Waals surface area contributed by atoms with Crippen LogP contribution in [0.15, 0.2) is 67.5 Å². The van der Waals surface area contributed by atoms with Crippen molar-refractivity contribution >= 4 is 11.4 Å². The third kappa shape index (κ3) is 5.49. The van der Waals surface area contributed by atoms with Crippen LogP contribution in [0.25, 0.3) is 5.70 Å². The molecule has 2 saturated heterocycles. The third-order valence-corrected chi connectivity index (χ3v) is 7.91. The first-order chi connectivity index (χ1) is 18.3. The molecule has 2 aromatic rings. The Morgan fingerprint density at radius 2 is 1.79 bits per heavy atom. The van der Waals surface area contributed by atoms with Gasteiger partial charge in [0.2, 0.25) is 0 Å². The molecule has 2 aromatic carbocycles. The van der Waals surface area contributed by atoms with Crippen LogP contribution in [-0.4, -0.2) is 44.9 Å². The van der Waals surface area contributed by atoms with E-state index in [1.54, 1.807) is 6.07 Å². The molecule has 0 amide bonds. The normalized spacial score (nSPS) is 24.5. The second kappa shape index (κ2) is 9.81. The molecular formula is C32H41FN4O2. The van der Waals surface area contributed by atoms with Gasteiger partial charge in [-0.05, 0) is 57.9 Å². The molecule has 3 aliphatic heterocycles. The highest BCUT2D eigenvalue weighted by Gasteiger charge is 2.44. The van der Waals surface area contributed by atoms with E-state index in [1.807, 2.05) is 35.2 Å². The number of nitrogens with zero attached hydrogens (tertiary/aromatic N) is 2. The zero-order valence-electron chi connectivity index (χ0n) is 23.7. The summed E-state index contributed by atoms with van der Waals surface area (Å²) < 4.78 is 21.1. The van der Waals surface area contributed by atoms with E-state index in [-0.39, 0.29) is 17.0 Å². The SMILES string of the molecule is C=C1CCC(O)(N2Cc3c(NCc4cc(CN5CC(C)(C)OC(C)(C)C5)ccc4F)cccc3C2=C)C(=C)N1. The Bertz CT molecular complexity index is 1320. The minimum Gasteiger partial charge on any atom is -0.381 e. The van der Waals surface area contributed by atoms with Gasteiger partial charge in [-0.15, -0.1) is 0 Å². The molecular weight excluding hydrogens is 491 g/mol. The maximum atomic E-state index is 14.9. The van der Waals surface area contributed by atoms with Gasteiger partial charge in [0.25, 0.3) is 0 Å². The first-order valence-electron chi connectivity index (χ1n) is 13.7. The van der Waals surface area contributed by atoms with E-state index in [4.69, 9.17) is 4.74 Å². The zero-order valence-corrected chi connectivity index (χ0v) is 23.7. The van der Waals surface area contributed by atoms with Gasteiger partial charge in [0.15, 0.2) is 5.72 Å². The number of piperidine rings is 1. The minimum atomic E-state index is -1.25. The van der Waals surface area contributed by atoms with Gasteiger partial charge in [0.05, 0.1) is 16.9 Å². The molecule has 0 saturated carbocycles. The number of halogens is 1. The van der Waals surface area contributed by atoms with Crippen LogP contribution in [0.2, 0.25) is 0 Å². The lowest BCUT2D eigenvalue weighted by Gasteiger charge is -2.47. The van der Waals surface area contributed by atoms with Crippen molar-refractivity contribution in [3.05, 3.63) is 95.6 Å². The van der Waals surface area contributed by atoms with Crippen molar-refractivity contribution in [3.8, 4) is 0 Å². The van der Waals surface area contributed by atoms with Gasteiger partial charge in [-0.1, -0.05) is 37.9 Å². The third-order valence-electron chi connectivity index (χ3n) is 7.91. The first-order valence-corrected chi connectivity index (χ1v) is 13.7. The molecule has 39 heavy (non-hydrogen) atoms. The van der Waals surface area contributed by atoms with Gasteiger partial charge in [-0.2, -0.15) is 0 Å². The topological polar surface area (TPSA) is 60.0 Å². The number of benzene rings is 2. The minimum absolute atomic E-state index is 0.230. The highest BCUT2D eigenvalue weighted by Crippen LogP contribution is 2.44. The molecule has 0 aliphatic carbocycles. The van der Waals surface area contributed by atoms with Gasteiger partial charge in [-0.3, -0.25) is 4.90 Å². The molecule has 0 radical (unpaired) electrons. The summed E-state index contributed by atoms with van der Waals surface area (Å²) in [7, 11) is 0. The monoisotopic (exact) mass is 532 g/mol. The Kier molecular flexibility index (Phi) is 6.90. The number of aliphatic hydroxyl groups is 1. The van der Waals surface area contributed by atoms with Crippen molar-refractivity contribution in [2.45, 2.75) is 77.1 Å². The Hall–Kier alpha value is -3.13. The lowest BCUT2D eigenvalue weighted by atomic mass is 9.96. The highest BCUT2D eigenvalue weighted by atomic mass is 19.1. The second-order valence-corrected chi connectivity index (χ2v) is 12.4. The number of morpholine rings is 1. The molecule has 2 fully saturated rings. The van der Waals surface area contributed by atoms with Gasteiger partial charge >= 0.3 is 0 Å². The largest absolute Gasteiger partial charge is 0.381 e. The molecule has 3 heterocycles. The standard InChI is InChI=1S/C32H41FN4O2/c1-21-13-14-32(38,23(3)35-21)37-18-27-26(22(37)2)9-8-10-29(27)34-16-25-15-24(11-12-28(25)33)17-36-19-30(4,5)39-31(6,7)20-36/h8-12,15,34-35,38H,1-3,13-14,16-20H2,4-7H3. The Morgan fingerprint density at radius 3 is 2.49 bits per heavy atom. The van der Waals surface area contributed by atoms with E-state index in [0.717, 1.165) is 53.4 Å². The number of anilines is 1. The van der Waals surface area contributed by atoms with Crippen molar-refractivity contribution < 1.29 is 14.2 Å². The lowest BCUT2D eigenvalue weighted by Crippen LogP contribution is -2.56. The van der Waals surface area contributed by atoms with Crippen LogP contribution in [0.4, 0.5) is 10.1 Å². The predicted octanol–water partition coefficient (Wildman–Crippen LogP) is 5.71. The molecule has 7 heteroatoms. The molecule has 5 rings (SSSR count). The van der Waals surface area contributed by atoms with Crippen molar-refractivity contribution in [1.29, 1.82) is 0 Å². The van der Waals surface area contributed by atoms with Gasteiger partial charge < -0.3 is 25.4 Å². The number of hydrogen-bond acceptors (Lipinski definition) is 6. The number of fused-ring (bicyclic) bond motifs is 1. The number of hydrogen-bond donors (Lipinski definition) is 3. The summed E-state index contributed by atoms with van der Waals surface area (Å²) >= 11 is 0. The smallest absolute Gasteiger partial charge is 0.179 e. The van der Waals surface area contributed by atoms with Crippen molar-refractivity contribution in [1.82, 2.24) is 15.1 Å². The van der Waals surface area contributed by atoms with Crippen molar-refractivity contribution in [3.63, 3.8) is 0 Å². The molecule has 1 unspecified atom stereocenters. The van der Waals surface area contributed by atoms with Crippen molar-refractivity contribution in [2.75, 3.05) is 18.4 Å². The molecule has 0 spiro atoms. The molecule has 0 bridgehead atoms. The summed E-state index contributed by atoms with van der Waals surface area (Å²) in [5.41, 5.74) is 4.97. The van der Waals surface area contributed by atoms with E-state index in [9.17, 15) is 9.50 Å². The summed E-state index contributed by atoms with van der Waals surface area (Å²) in [4.78, 5) is 4.28. The van der Waals surface area contributed by atoms with E-state index < -0.39 is 5.72 Å². The van der Waals surface area contributed by atoms with Crippen LogP contribution in [0, 0.1) is 5.82 Å². The fourth-order valence-corrected chi connectivity index (χ4v) is 6.46. The van der Waals surface area contributed by atoms with Gasteiger partial charge in [-0.25, -0.2) is 4.39 Å². The highest BCUT2D eigenvalue weighted by molar-refractivity contribution is 5.76. The fourth-order valence-electron chi connectivity index (χ4n) is 6.46. The Labute approximate surface area is 231 Å². The summed E-state index contributed by atoms with van der Waals surface area (Å²) in [6.07, 6.45) is 1.14. The number of ether oxygens (including phenoxy) is 1. The van der Waals surface area contributed by atoms with E-state index >= 15 is 0 Å². The predicted molar refractivity (Wildman–Crippen MR) is 155 cm³/mol. The molecule has 3 aliphatic rings. The summed E-state index contributed by atoms with van der Waals surface area (Å²) in [5, 5.41) is 18.1. The average molecular weight is 533 g/mol. The second-order valence-electron chi connectivity index (χ2n) is 12.4. The Morgan fingerprint density at radius 1 is 1.08 bits per heavy atom. The summed E-state index contributed by atoms with van der Waals surface area (Å²) in [5.74, 6) is -0.230. The van der Waals surface area contributed by atoms with Gasteiger partial charge in [0, 0.05) is 72.9 Å². The maximum Gasteiger partial charge on any atom is 0.179 e. The molecule has 1 atom stereocenters. The van der Waals surface area contributed by atoms with E-state index in [1.165, 1.54) is 0 Å². The molecule has 3 N–H and O–H groups in total. The maximum absolute atomic E-state index is 14.9. The zero-order chi connectivity index (χ0) is 28.2. The van der Waals surface area contributed by atoms with Crippen LogP contribution < -0.4 is 10.6 Å². The quantitative estimate of drug-likeness (QED) is 0.443. The van der Waals surface area contributed by atoms with Crippen LogP contribution >= 0.6 is 0 Å². The number of rotatable bonds is 6. The molecule has 6 nitrogen and oxygen atoms in total. The van der Waals surface area contributed by atoms with Gasteiger partial charge in [0.1, 0.15) is 5.82 Å². The fraction of sp³-hybridized carbons (Fsp3) is 0.438. The number of allylic oxidation sites excluding steroid dienone is 1. The van der Waals surface area contributed by atoms with Crippen LogP contribution in [0.1, 0.15) is 62.8 Å². The first kappa shape index (κ1) is 27.4. The van der Waals surface area contributed by atoms with Crippen LogP contribution in [-0.2, 0) is 24.4 Å². The summed E-state index contributed by atoms with van der Waals surface area (Å²) in [6, 6.07) is 11.4.